The Morgan fingerprint density at radius 2 is 1.85 bits per heavy atom. The van der Waals surface area contributed by atoms with Gasteiger partial charge in [-0.3, -0.25) is 0 Å². The van der Waals surface area contributed by atoms with Gasteiger partial charge >= 0.3 is 0 Å². The monoisotopic (exact) mass is 190 g/mol. The Morgan fingerprint density at radius 1 is 1.08 bits per heavy atom. The third-order valence-electron chi connectivity index (χ3n) is 2.82. The van der Waals surface area contributed by atoms with E-state index in [4.69, 9.17) is 14.2 Å². The van der Waals surface area contributed by atoms with Crippen molar-refractivity contribution in [1.82, 2.24) is 0 Å². The minimum absolute atomic E-state index is 0.0764. The molecule has 4 fully saturated rings. The van der Waals surface area contributed by atoms with Crippen LogP contribution in [0.3, 0.4) is 0 Å². The van der Waals surface area contributed by atoms with Gasteiger partial charge in [-0.15, -0.1) is 0 Å². The maximum atomic E-state index is 9.75. The van der Waals surface area contributed by atoms with Crippen LogP contribution in [0.2, 0.25) is 0 Å². The van der Waals surface area contributed by atoms with E-state index in [-0.39, 0.29) is 12.8 Å². The van der Waals surface area contributed by atoms with Gasteiger partial charge < -0.3 is 29.5 Å². The molecular weight excluding hydrogens is 180 g/mol. The van der Waals surface area contributed by atoms with Gasteiger partial charge in [0.2, 0.25) is 11.6 Å². The van der Waals surface area contributed by atoms with Crippen molar-refractivity contribution in [2.75, 3.05) is 0 Å². The highest BCUT2D eigenvalue weighted by Crippen LogP contribution is 2.48. The highest BCUT2D eigenvalue weighted by atomic mass is 16.8. The summed E-state index contributed by atoms with van der Waals surface area (Å²) in [4.78, 5) is 0. The first-order valence-corrected chi connectivity index (χ1v) is 4.17. The van der Waals surface area contributed by atoms with Crippen LogP contribution in [0, 0.1) is 0 Å². The summed E-state index contributed by atoms with van der Waals surface area (Å²) >= 11 is 0. The van der Waals surface area contributed by atoms with E-state index in [1.807, 2.05) is 0 Å². The summed E-state index contributed by atoms with van der Waals surface area (Å²) in [5.74, 6) is -4.27. The molecule has 4 aliphatic heterocycles. The van der Waals surface area contributed by atoms with Crippen LogP contribution in [-0.2, 0) is 14.2 Å². The van der Waals surface area contributed by atoms with Gasteiger partial charge in [0.1, 0.15) is 6.10 Å². The Kier molecular flexibility index (Phi) is 1.28. The molecule has 0 amide bonds. The molecule has 4 rings (SSSR count). The number of hydrogen-bond acceptors (Lipinski definition) is 6. The molecular formula is C7H10O6. The van der Waals surface area contributed by atoms with Crippen LogP contribution in [0.25, 0.3) is 0 Å². The molecule has 4 atom stereocenters. The van der Waals surface area contributed by atoms with Crippen LogP contribution in [0.4, 0.5) is 0 Å². The zero-order chi connectivity index (χ0) is 9.27. The Bertz CT molecular complexity index is 237. The fourth-order valence-electron chi connectivity index (χ4n) is 2.08. The first-order chi connectivity index (χ1) is 6.01. The van der Waals surface area contributed by atoms with E-state index < -0.39 is 30.3 Å². The van der Waals surface area contributed by atoms with Crippen molar-refractivity contribution in [3.05, 3.63) is 0 Å². The van der Waals surface area contributed by atoms with E-state index in [1.54, 1.807) is 0 Å². The fourth-order valence-corrected chi connectivity index (χ4v) is 2.08. The van der Waals surface area contributed by atoms with Gasteiger partial charge in [-0.05, 0) is 0 Å². The minimum Gasteiger partial charge on any atom is -0.361 e. The molecule has 0 radical (unpaired) electrons. The molecule has 0 saturated carbocycles. The maximum Gasteiger partial charge on any atom is 0.246 e. The molecule has 3 N–H and O–H groups in total. The summed E-state index contributed by atoms with van der Waals surface area (Å²) in [6, 6.07) is 0. The molecule has 6 heteroatoms. The van der Waals surface area contributed by atoms with Gasteiger partial charge in [0.15, 0.2) is 12.6 Å². The second kappa shape index (κ2) is 2.05. The first kappa shape index (κ1) is 8.10. The summed E-state index contributed by atoms with van der Waals surface area (Å²) < 4.78 is 15.3. The van der Waals surface area contributed by atoms with E-state index in [1.165, 1.54) is 0 Å². The van der Waals surface area contributed by atoms with E-state index in [9.17, 15) is 15.3 Å². The van der Waals surface area contributed by atoms with Crippen LogP contribution in [-0.4, -0.2) is 45.6 Å². The average molecular weight is 190 g/mol. The van der Waals surface area contributed by atoms with E-state index >= 15 is 0 Å². The van der Waals surface area contributed by atoms with Gasteiger partial charge in [0, 0.05) is 6.42 Å². The predicted octanol–water partition coefficient (Wildman–Crippen LogP) is -1.75. The molecule has 0 aromatic carbocycles. The Labute approximate surface area is 73.6 Å². The molecule has 74 valence electrons. The topological polar surface area (TPSA) is 88.4 Å². The lowest BCUT2D eigenvalue weighted by Crippen LogP contribution is -2.76. The lowest BCUT2D eigenvalue weighted by atomic mass is 9.87. The summed E-state index contributed by atoms with van der Waals surface area (Å²) in [5.41, 5.74) is 0. The molecule has 0 aliphatic carbocycles. The second-order valence-corrected chi connectivity index (χ2v) is 3.69. The third-order valence-corrected chi connectivity index (χ3v) is 2.82. The maximum absolute atomic E-state index is 9.75. The molecule has 4 aliphatic rings. The molecule has 4 bridgehead atoms. The lowest BCUT2D eigenvalue weighted by Gasteiger charge is -2.58. The third kappa shape index (κ3) is 0.829. The van der Waals surface area contributed by atoms with Gasteiger partial charge in [-0.25, -0.2) is 0 Å². The Hall–Kier alpha value is -0.240. The zero-order valence-electron chi connectivity index (χ0n) is 6.71. The van der Waals surface area contributed by atoms with Crippen molar-refractivity contribution in [3.8, 4) is 0 Å². The van der Waals surface area contributed by atoms with Crippen LogP contribution in [0.5, 0.6) is 0 Å². The molecule has 0 aromatic heterocycles. The Morgan fingerprint density at radius 3 is 2.46 bits per heavy atom. The highest BCUT2D eigenvalue weighted by Gasteiger charge is 2.68. The van der Waals surface area contributed by atoms with Crippen molar-refractivity contribution in [2.24, 2.45) is 0 Å². The van der Waals surface area contributed by atoms with Crippen LogP contribution < -0.4 is 0 Å². The number of rotatable bonds is 0. The number of hydrogen-bond donors (Lipinski definition) is 3. The molecule has 6 nitrogen and oxygen atoms in total. The van der Waals surface area contributed by atoms with Gasteiger partial charge in [-0.1, -0.05) is 0 Å². The molecule has 4 unspecified atom stereocenters. The smallest absolute Gasteiger partial charge is 0.246 e. The van der Waals surface area contributed by atoms with Crippen molar-refractivity contribution in [3.63, 3.8) is 0 Å². The van der Waals surface area contributed by atoms with Crippen molar-refractivity contribution in [1.29, 1.82) is 0 Å². The number of ether oxygens (including phenoxy) is 3. The van der Waals surface area contributed by atoms with Gasteiger partial charge in [0.25, 0.3) is 0 Å². The fraction of sp³-hybridized carbons (Fsp3) is 1.00. The number of aliphatic hydroxyl groups is 3. The summed E-state index contributed by atoms with van der Waals surface area (Å²) in [7, 11) is 0. The molecule has 0 aromatic rings. The van der Waals surface area contributed by atoms with Gasteiger partial charge in [0.05, 0.1) is 6.42 Å². The standard InChI is InChI=1S/C7H10O6/c8-6-2-5-11-3(7(6,9)10)1-4(12-5)13-6/h3-5,8-10H,1-2H2. The normalized spacial score (nSPS) is 57.0. The molecule has 13 heavy (non-hydrogen) atoms. The predicted molar refractivity (Wildman–Crippen MR) is 36.0 cm³/mol. The van der Waals surface area contributed by atoms with Crippen molar-refractivity contribution >= 4 is 0 Å². The van der Waals surface area contributed by atoms with Crippen LogP contribution >= 0.6 is 0 Å². The summed E-state index contributed by atoms with van der Waals surface area (Å²) in [5, 5.41) is 28.9. The SMILES string of the molecule is OC12CC3OC(CC(O3)C1(O)O)O2. The minimum atomic E-state index is -2.33. The second-order valence-electron chi connectivity index (χ2n) is 3.69. The van der Waals surface area contributed by atoms with Crippen molar-refractivity contribution < 1.29 is 29.5 Å². The molecule has 4 saturated heterocycles. The Balaban J connectivity index is 2.03. The molecule has 0 spiro atoms. The van der Waals surface area contributed by atoms with E-state index in [0.717, 1.165) is 0 Å². The zero-order valence-corrected chi connectivity index (χ0v) is 6.71. The average Bonchev–Trinajstić information content (AvgIpc) is 1.99. The van der Waals surface area contributed by atoms with Gasteiger partial charge in [-0.2, -0.15) is 0 Å². The first-order valence-electron chi connectivity index (χ1n) is 4.17. The highest BCUT2D eigenvalue weighted by molar-refractivity contribution is 5.02. The quantitative estimate of drug-likeness (QED) is 0.392. The van der Waals surface area contributed by atoms with Crippen LogP contribution in [0.15, 0.2) is 0 Å². The summed E-state index contributed by atoms with van der Waals surface area (Å²) in [6.07, 6.45) is -1.85. The van der Waals surface area contributed by atoms with Crippen molar-refractivity contribution in [2.45, 2.75) is 43.1 Å². The van der Waals surface area contributed by atoms with E-state index in [2.05, 4.69) is 0 Å². The lowest BCUT2D eigenvalue weighted by molar-refractivity contribution is -0.544. The van der Waals surface area contributed by atoms with Crippen LogP contribution in [0.1, 0.15) is 12.8 Å². The largest absolute Gasteiger partial charge is 0.361 e. The molecule has 4 heterocycles. The van der Waals surface area contributed by atoms with E-state index in [0.29, 0.717) is 0 Å². The summed E-state index contributed by atoms with van der Waals surface area (Å²) in [6.45, 7) is 0.